The number of carbonyl (C=O) groups excluding carboxylic acids is 1. The number of anilines is 1. The predicted molar refractivity (Wildman–Crippen MR) is 116 cm³/mol. The maximum Gasteiger partial charge on any atom is 0.266 e. The molecule has 0 radical (unpaired) electrons. The van der Waals surface area contributed by atoms with Gasteiger partial charge in [-0.25, -0.2) is 0 Å². The minimum absolute atomic E-state index is 0.00790. The molecule has 0 saturated carbocycles. The lowest BCUT2D eigenvalue weighted by Gasteiger charge is -2.10. The van der Waals surface area contributed by atoms with Crippen molar-refractivity contribution in [3.8, 4) is 11.8 Å². The van der Waals surface area contributed by atoms with Gasteiger partial charge >= 0.3 is 0 Å². The van der Waals surface area contributed by atoms with Crippen LogP contribution in [0.15, 0.2) is 57.5 Å². The van der Waals surface area contributed by atoms with Crippen LogP contribution in [-0.2, 0) is 4.79 Å². The lowest BCUT2D eigenvalue weighted by atomic mass is 10.1. The van der Waals surface area contributed by atoms with Gasteiger partial charge < -0.3 is 10.1 Å². The number of benzene rings is 2. The van der Waals surface area contributed by atoms with Crippen LogP contribution in [0.4, 0.5) is 5.69 Å². The SMILES string of the molecule is C=CCOc1c(Br)cc(/C=C(\C#N)C(=O)Nc2ccc(C)cc2C)cc1Br. The third-order valence-corrected chi connectivity index (χ3v) is 4.85. The van der Waals surface area contributed by atoms with Crippen molar-refractivity contribution in [3.05, 3.63) is 74.2 Å². The van der Waals surface area contributed by atoms with Crippen molar-refractivity contribution >= 4 is 49.5 Å². The van der Waals surface area contributed by atoms with Gasteiger partial charge in [0.2, 0.25) is 0 Å². The maximum absolute atomic E-state index is 12.5. The number of nitriles is 1. The molecule has 2 rings (SSSR count). The van der Waals surface area contributed by atoms with Gasteiger partial charge in [-0.3, -0.25) is 4.79 Å². The third kappa shape index (κ3) is 5.56. The van der Waals surface area contributed by atoms with Crippen molar-refractivity contribution in [3.63, 3.8) is 0 Å². The van der Waals surface area contributed by atoms with Crippen LogP contribution in [0.3, 0.4) is 0 Å². The average Bonchev–Trinajstić information content (AvgIpc) is 2.61. The first-order chi connectivity index (χ1) is 12.8. The molecular formula is C21H18Br2N2O2. The fraction of sp³-hybridized carbons (Fsp3) is 0.143. The highest BCUT2D eigenvalue weighted by Gasteiger charge is 2.13. The van der Waals surface area contributed by atoms with Gasteiger partial charge in [-0.1, -0.05) is 30.4 Å². The highest BCUT2D eigenvalue weighted by Crippen LogP contribution is 2.35. The van der Waals surface area contributed by atoms with Crippen LogP contribution in [0.1, 0.15) is 16.7 Å². The number of rotatable bonds is 6. The zero-order chi connectivity index (χ0) is 20.0. The van der Waals surface area contributed by atoms with Crippen molar-refractivity contribution in [1.29, 1.82) is 5.26 Å². The number of carbonyl (C=O) groups is 1. The highest BCUT2D eigenvalue weighted by molar-refractivity contribution is 9.11. The summed E-state index contributed by atoms with van der Waals surface area (Å²) < 4.78 is 6.99. The molecule has 0 heterocycles. The summed E-state index contributed by atoms with van der Waals surface area (Å²) >= 11 is 6.89. The van der Waals surface area contributed by atoms with E-state index in [0.29, 0.717) is 32.6 Å². The van der Waals surface area contributed by atoms with Crippen LogP contribution in [0, 0.1) is 25.2 Å². The Morgan fingerprint density at radius 1 is 1.26 bits per heavy atom. The van der Waals surface area contributed by atoms with Gasteiger partial charge in [0.25, 0.3) is 5.91 Å². The van der Waals surface area contributed by atoms with Crippen LogP contribution in [-0.4, -0.2) is 12.5 Å². The smallest absolute Gasteiger partial charge is 0.266 e. The Bertz CT molecular complexity index is 936. The van der Waals surface area contributed by atoms with Gasteiger partial charge in [0.05, 0.1) is 8.95 Å². The number of halogens is 2. The second kappa shape index (κ2) is 9.54. The van der Waals surface area contributed by atoms with Crippen molar-refractivity contribution in [2.75, 3.05) is 11.9 Å². The van der Waals surface area contributed by atoms with Crippen molar-refractivity contribution in [2.24, 2.45) is 0 Å². The van der Waals surface area contributed by atoms with E-state index in [1.54, 1.807) is 18.2 Å². The molecule has 0 saturated heterocycles. The first kappa shape index (κ1) is 20.9. The van der Waals surface area contributed by atoms with Gasteiger partial charge in [0.1, 0.15) is 24.0 Å². The summed E-state index contributed by atoms with van der Waals surface area (Å²) in [5, 5.41) is 12.2. The number of hydrogen-bond acceptors (Lipinski definition) is 3. The van der Waals surface area contributed by atoms with Gasteiger partial charge in [-0.2, -0.15) is 5.26 Å². The summed E-state index contributed by atoms with van der Waals surface area (Å²) in [6, 6.07) is 11.2. The molecule has 0 spiro atoms. The summed E-state index contributed by atoms with van der Waals surface area (Å²) in [6.07, 6.45) is 3.18. The topological polar surface area (TPSA) is 62.1 Å². The molecule has 0 aliphatic carbocycles. The summed E-state index contributed by atoms with van der Waals surface area (Å²) in [5.74, 6) is 0.175. The molecular weight excluding hydrogens is 472 g/mol. The third-order valence-electron chi connectivity index (χ3n) is 3.67. The molecule has 6 heteroatoms. The predicted octanol–water partition coefficient (Wildman–Crippen LogP) is 5.94. The molecule has 0 bridgehead atoms. The summed E-state index contributed by atoms with van der Waals surface area (Å²) in [4.78, 5) is 12.5. The van der Waals surface area contributed by atoms with Gasteiger partial charge in [-0.15, -0.1) is 0 Å². The first-order valence-electron chi connectivity index (χ1n) is 8.09. The van der Waals surface area contributed by atoms with Crippen LogP contribution in [0.5, 0.6) is 5.75 Å². The van der Waals surface area contributed by atoms with E-state index in [4.69, 9.17) is 4.74 Å². The number of hydrogen-bond donors (Lipinski definition) is 1. The van der Waals surface area contributed by atoms with Crippen molar-refractivity contribution < 1.29 is 9.53 Å². The van der Waals surface area contributed by atoms with Crippen molar-refractivity contribution in [2.45, 2.75) is 13.8 Å². The zero-order valence-electron chi connectivity index (χ0n) is 15.0. The highest BCUT2D eigenvalue weighted by atomic mass is 79.9. The maximum atomic E-state index is 12.5. The van der Waals surface area contributed by atoms with E-state index in [1.807, 2.05) is 38.1 Å². The van der Waals surface area contributed by atoms with E-state index >= 15 is 0 Å². The molecule has 2 aromatic carbocycles. The number of ether oxygens (including phenoxy) is 1. The Hall–Kier alpha value is -2.36. The molecule has 1 amide bonds. The van der Waals surface area contributed by atoms with E-state index in [1.165, 1.54) is 6.08 Å². The lowest BCUT2D eigenvalue weighted by Crippen LogP contribution is -2.14. The summed E-state index contributed by atoms with van der Waals surface area (Å²) in [5.41, 5.74) is 3.42. The van der Waals surface area contributed by atoms with Gasteiger partial charge in [-0.05, 0) is 81.1 Å². The average molecular weight is 490 g/mol. The van der Waals surface area contributed by atoms with Crippen LogP contribution in [0.25, 0.3) is 6.08 Å². The monoisotopic (exact) mass is 488 g/mol. The van der Waals surface area contributed by atoms with Crippen LogP contribution in [0.2, 0.25) is 0 Å². The van der Waals surface area contributed by atoms with E-state index in [0.717, 1.165) is 11.1 Å². The Labute approximate surface area is 175 Å². The standard InChI is InChI=1S/C21H18Br2N2O2/c1-4-7-27-20-17(22)10-15(11-18(20)23)9-16(12-24)21(26)25-19-6-5-13(2)8-14(19)3/h4-6,8-11H,1,7H2,2-3H3,(H,25,26)/b16-9+. The minimum atomic E-state index is -0.455. The fourth-order valence-corrected chi connectivity index (χ4v) is 3.85. The molecule has 138 valence electrons. The van der Waals surface area contributed by atoms with E-state index in [2.05, 4.69) is 43.8 Å². The quantitative estimate of drug-likeness (QED) is 0.310. The zero-order valence-corrected chi connectivity index (χ0v) is 18.1. The van der Waals surface area contributed by atoms with E-state index < -0.39 is 5.91 Å². The van der Waals surface area contributed by atoms with Crippen LogP contribution < -0.4 is 10.1 Å². The second-order valence-electron chi connectivity index (χ2n) is 5.86. The molecule has 0 aliphatic heterocycles. The summed E-state index contributed by atoms with van der Waals surface area (Å²) in [7, 11) is 0. The summed E-state index contributed by atoms with van der Waals surface area (Å²) in [6.45, 7) is 7.89. The fourth-order valence-electron chi connectivity index (χ4n) is 2.40. The van der Waals surface area contributed by atoms with E-state index in [-0.39, 0.29) is 5.57 Å². The largest absolute Gasteiger partial charge is 0.487 e. The normalized spacial score (nSPS) is 10.9. The van der Waals surface area contributed by atoms with Gasteiger partial charge in [0, 0.05) is 5.69 Å². The number of nitrogens with zero attached hydrogens (tertiary/aromatic N) is 1. The first-order valence-corrected chi connectivity index (χ1v) is 9.67. The Balaban J connectivity index is 2.28. The molecule has 27 heavy (non-hydrogen) atoms. The minimum Gasteiger partial charge on any atom is -0.487 e. The lowest BCUT2D eigenvalue weighted by molar-refractivity contribution is -0.112. The molecule has 1 N–H and O–H groups in total. The number of aryl methyl sites for hydroxylation is 2. The molecule has 0 fully saturated rings. The van der Waals surface area contributed by atoms with Crippen molar-refractivity contribution in [1.82, 2.24) is 0 Å². The van der Waals surface area contributed by atoms with E-state index in [9.17, 15) is 10.1 Å². The Morgan fingerprint density at radius 2 is 1.93 bits per heavy atom. The molecule has 0 aliphatic rings. The Morgan fingerprint density at radius 3 is 2.48 bits per heavy atom. The molecule has 0 atom stereocenters. The number of nitrogens with one attached hydrogen (secondary N) is 1. The number of amides is 1. The molecule has 2 aromatic rings. The van der Waals surface area contributed by atoms with Gasteiger partial charge in [0.15, 0.2) is 0 Å². The second-order valence-corrected chi connectivity index (χ2v) is 7.56. The Kier molecular flexibility index (Phi) is 7.40. The van der Waals surface area contributed by atoms with Crippen LogP contribution >= 0.6 is 31.9 Å². The molecule has 0 unspecified atom stereocenters. The molecule has 0 aromatic heterocycles. The molecule has 4 nitrogen and oxygen atoms in total.